The number of fused-ring (bicyclic) bond motifs is 1. The van der Waals surface area contributed by atoms with Crippen molar-refractivity contribution in [3.63, 3.8) is 0 Å². The molecule has 0 N–H and O–H groups in total. The van der Waals surface area contributed by atoms with Crippen LogP contribution in [0.3, 0.4) is 0 Å². The van der Waals surface area contributed by atoms with Gasteiger partial charge >= 0.3 is 0 Å². The van der Waals surface area contributed by atoms with Crippen molar-refractivity contribution in [1.29, 1.82) is 0 Å². The summed E-state index contributed by atoms with van der Waals surface area (Å²) in [6.45, 7) is 7.52. The molecule has 1 aliphatic heterocycles. The van der Waals surface area contributed by atoms with Crippen LogP contribution in [-0.4, -0.2) is 35.6 Å². The first-order valence-electron chi connectivity index (χ1n) is 7.03. The SMILES string of the molecule is C[C@@H]1CN(C(=O)c2cc3c(s2)CCC3)CC(C)(C)O1. The highest BCUT2D eigenvalue weighted by Crippen LogP contribution is 2.32. The number of hydrogen-bond acceptors (Lipinski definition) is 3. The van der Waals surface area contributed by atoms with Crippen molar-refractivity contribution < 1.29 is 9.53 Å². The Morgan fingerprint density at radius 2 is 2.26 bits per heavy atom. The monoisotopic (exact) mass is 279 g/mol. The second kappa shape index (κ2) is 4.60. The van der Waals surface area contributed by atoms with Gasteiger partial charge in [0.25, 0.3) is 5.91 Å². The van der Waals surface area contributed by atoms with E-state index in [0.717, 1.165) is 17.7 Å². The molecule has 1 aliphatic carbocycles. The Balaban J connectivity index is 1.79. The molecule has 0 bridgehead atoms. The molecule has 1 fully saturated rings. The Bertz CT molecular complexity index is 485. The fourth-order valence-corrected chi connectivity index (χ4v) is 4.42. The van der Waals surface area contributed by atoms with Gasteiger partial charge < -0.3 is 9.64 Å². The maximum absolute atomic E-state index is 12.6. The minimum absolute atomic E-state index is 0.111. The van der Waals surface area contributed by atoms with Crippen LogP contribution in [0.5, 0.6) is 0 Å². The molecule has 0 aromatic carbocycles. The first kappa shape index (κ1) is 13.1. The zero-order valence-electron chi connectivity index (χ0n) is 11.9. The minimum atomic E-state index is -0.243. The number of carbonyl (C=O) groups excluding carboxylic acids is 1. The Kier molecular flexibility index (Phi) is 3.18. The van der Waals surface area contributed by atoms with Crippen molar-refractivity contribution in [1.82, 2.24) is 4.90 Å². The van der Waals surface area contributed by atoms with Crippen LogP contribution in [0.1, 0.15) is 47.3 Å². The zero-order chi connectivity index (χ0) is 13.6. The third kappa shape index (κ3) is 2.56. The summed E-state index contributed by atoms with van der Waals surface area (Å²) < 4.78 is 5.86. The second-order valence-corrected chi connectivity index (χ2v) is 7.42. The summed E-state index contributed by atoms with van der Waals surface area (Å²) in [5.41, 5.74) is 1.15. The fourth-order valence-electron chi connectivity index (χ4n) is 3.20. The largest absolute Gasteiger partial charge is 0.369 e. The molecule has 1 aromatic heterocycles. The van der Waals surface area contributed by atoms with Gasteiger partial charge in [0.05, 0.1) is 16.6 Å². The molecule has 0 unspecified atom stereocenters. The fraction of sp³-hybridized carbons (Fsp3) is 0.667. The van der Waals surface area contributed by atoms with Crippen LogP contribution in [0.2, 0.25) is 0 Å². The van der Waals surface area contributed by atoms with Crippen molar-refractivity contribution >= 4 is 17.2 Å². The van der Waals surface area contributed by atoms with Crippen LogP contribution >= 0.6 is 11.3 Å². The average Bonchev–Trinajstić information content (AvgIpc) is 2.84. The molecule has 104 valence electrons. The van der Waals surface area contributed by atoms with Crippen LogP contribution < -0.4 is 0 Å². The molecular formula is C15H21NO2S. The lowest BCUT2D eigenvalue weighted by atomic mass is 10.1. The molecule has 2 heterocycles. The number of aryl methyl sites for hydroxylation is 2. The van der Waals surface area contributed by atoms with Crippen LogP contribution in [0.15, 0.2) is 6.07 Å². The smallest absolute Gasteiger partial charge is 0.264 e. The van der Waals surface area contributed by atoms with E-state index in [1.807, 2.05) is 11.8 Å². The lowest BCUT2D eigenvalue weighted by Gasteiger charge is -2.41. The first-order valence-corrected chi connectivity index (χ1v) is 7.85. The summed E-state index contributed by atoms with van der Waals surface area (Å²) in [7, 11) is 0. The van der Waals surface area contributed by atoms with E-state index in [1.165, 1.54) is 16.9 Å². The molecule has 0 saturated carbocycles. The highest BCUT2D eigenvalue weighted by molar-refractivity contribution is 7.14. The number of rotatable bonds is 1. The van der Waals surface area contributed by atoms with E-state index in [9.17, 15) is 4.79 Å². The zero-order valence-corrected chi connectivity index (χ0v) is 12.7. The van der Waals surface area contributed by atoms with Crippen molar-refractivity contribution in [2.45, 2.75) is 51.7 Å². The quantitative estimate of drug-likeness (QED) is 0.791. The van der Waals surface area contributed by atoms with Crippen molar-refractivity contribution in [2.75, 3.05) is 13.1 Å². The third-order valence-corrected chi connectivity index (χ3v) is 5.04. The number of morpholine rings is 1. The summed E-state index contributed by atoms with van der Waals surface area (Å²) in [6, 6.07) is 2.11. The minimum Gasteiger partial charge on any atom is -0.369 e. The normalized spacial score (nSPS) is 25.4. The number of hydrogen-bond donors (Lipinski definition) is 0. The summed E-state index contributed by atoms with van der Waals surface area (Å²) in [4.78, 5) is 16.9. The number of amides is 1. The van der Waals surface area contributed by atoms with Gasteiger partial charge in [-0.1, -0.05) is 0 Å². The van der Waals surface area contributed by atoms with E-state index >= 15 is 0 Å². The van der Waals surface area contributed by atoms with Gasteiger partial charge in [-0.2, -0.15) is 0 Å². The molecule has 1 aromatic rings. The van der Waals surface area contributed by atoms with Gasteiger partial charge in [0, 0.05) is 18.0 Å². The van der Waals surface area contributed by atoms with Crippen LogP contribution in [0.4, 0.5) is 0 Å². The highest BCUT2D eigenvalue weighted by Gasteiger charge is 2.34. The van der Waals surface area contributed by atoms with Crippen molar-refractivity contribution in [3.8, 4) is 0 Å². The first-order chi connectivity index (χ1) is 8.94. The molecule has 3 rings (SSSR count). The molecule has 0 radical (unpaired) electrons. The highest BCUT2D eigenvalue weighted by atomic mass is 32.1. The molecule has 1 atom stereocenters. The maximum atomic E-state index is 12.6. The van der Waals surface area contributed by atoms with E-state index in [4.69, 9.17) is 4.74 Å². The van der Waals surface area contributed by atoms with Gasteiger partial charge in [0.15, 0.2) is 0 Å². The standard InChI is InChI=1S/C15H21NO2S/c1-10-8-16(9-15(2,3)18-10)14(17)13-7-11-5-4-6-12(11)19-13/h7,10H,4-6,8-9H2,1-3H3/t10-/m1/s1. The molecule has 3 nitrogen and oxygen atoms in total. The molecule has 1 amide bonds. The van der Waals surface area contributed by atoms with Crippen molar-refractivity contribution in [2.24, 2.45) is 0 Å². The van der Waals surface area contributed by atoms with Crippen LogP contribution in [0.25, 0.3) is 0 Å². The lowest BCUT2D eigenvalue weighted by molar-refractivity contribution is -0.118. The average molecular weight is 279 g/mol. The number of ether oxygens (including phenoxy) is 1. The third-order valence-electron chi connectivity index (χ3n) is 3.81. The predicted octanol–water partition coefficient (Wildman–Crippen LogP) is 2.88. The number of carbonyl (C=O) groups is 1. The topological polar surface area (TPSA) is 29.5 Å². The van der Waals surface area contributed by atoms with Gasteiger partial charge in [-0.25, -0.2) is 0 Å². The van der Waals surface area contributed by atoms with E-state index in [1.54, 1.807) is 11.3 Å². The van der Waals surface area contributed by atoms with E-state index in [0.29, 0.717) is 13.1 Å². The molecule has 19 heavy (non-hydrogen) atoms. The summed E-state index contributed by atoms with van der Waals surface area (Å²) in [5, 5.41) is 0. The van der Waals surface area contributed by atoms with Gasteiger partial charge in [-0.15, -0.1) is 11.3 Å². The molecule has 2 aliphatic rings. The summed E-state index contributed by atoms with van der Waals surface area (Å²) >= 11 is 1.69. The molecule has 4 heteroatoms. The predicted molar refractivity (Wildman–Crippen MR) is 76.9 cm³/mol. The maximum Gasteiger partial charge on any atom is 0.264 e. The lowest BCUT2D eigenvalue weighted by Crippen LogP contribution is -2.53. The summed E-state index contributed by atoms with van der Waals surface area (Å²) in [5.74, 6) is 0.183. The molecular weight excluding hydrogens is 258 g/mol. The second-order valence-electron chi connectivity index (χ2n) is 6.29. The summed E-state index contributed by atoms with van der Waals surface area (Å²) in [6.07, 6.45) is 3.65. The van der Waals surface area contributed by atoms with Crippen LogP contribution in [-0.2, 0) is 17.6 Å². The number of thiophene rings is 1. The Morgan fingerprint density at radius 1 is 1.47 bits per heavy atom. The Morgan fingerprint density at radius 3 is 2.95 bits per heavy atom. The molecule has 0 spiro atoms. The van der Waals surface area contributed by atoms with Crippen molar-refractivity contribution in [3.05, 3.63) is 21.4 Å². The van der Waals surface area contributed by atoms with Crippen LogP contribution in [0, 0.1) is 0 Å². The Labute approximate surface area is 118 Å². The van der Waals surface area contributed by atoms with E-state index in [-0.39, 0.29) is 17.6 Å². The molecule has 1 saturated heterocycles. The van der Waals surface area contributed by atoms with E-state index < -0.39 is 0 Å². The van der Waals surface area contributed by atoms with Gasteiger partial charge in [-0.05, 0) is 51.7 Å². The van der Waals surface area contributed by atoms with E-state index in [2.05, 4.69) is 19.9 Å². The number of nitrogens with zero attached hydrogens (tertiary/aromatic N) is 1. The van der Waals surface area contributed by atoms with Gasteiger partial charge in [0.1, 0.15) is 0 Å². The van der Waals surface area contributed by atoms with Gasteiger partial charge in [-0.3, -0.25) is 4.79 Å². The Hall–Kier alpha value is -0.870. The van der Waals surface area contributed by atoms with Gasteiger partial charge in [0.2, 0.25) is 0 Å².